The number of carbonyl (C=O) groups excluding carboxylic acids is 1. The first-order chi connectivity index (χ1) is 15.3. The topological polar surface area (TPSA) is 62.6 Å². The molecule has 1 heterocycles. The first kappa shape index (κ1) is 21.5. The number of anilines is 1. The quantitative estimate of drug-likeness (QED) is 0.505. The van der Waals surface area contributed by atoms with E-state index < -0.39 is 5.60 Å². The van der Waals surface area contributed by atoms with Gasteiger partial charge in [-0.15, -0.1) is 0 Å². The van der Waals surface area contributed by atoms with E-state index >= 15 is 0 Å². The maximum atomic E-state index is 12.5. The number of fused-ring (bicyclic) bond motifs is 1. The van der Waals surface area contributed by atoms with Crippen LogP contribution in [0.5, 0.6) is 5.75 Å². The predicted octanol–water partition coefficient (Wildman–Crippen LogP) is 6.10. The Labute approximate surface area is 188 Å². The molecule has 1 aliphatic rings. The van der Waals surface area contributed by atoms with Crippen LogP contribution in [0.15, 0.2) is 66.7 Å². The first-order valence-electron chi connectivity index (χ1n) is 10.7. The van der Waals surface area contributed by atoms with Crippen molar-refractivity contribution in [3.05, 3.63) is 83.4 Å². The van der Waals surface area contributed by atoms with Gasteiger partial charge in [-0.1, -0.05) is 42.5 Å². The van der Waals surface area contributed by atoms with E-state index in [1.54, 1.807) is 4.90 Å². The van der Waals surface area contributed by atoms with E-state index in [1.165, 1.54) is 0 Å². The van der Waals surface area contributed by atoms with Gasteiger partial charge in [-0.3, -0.25) is 4.90 Å². The first-order valence-corrected chi connectivity index (χ1v) is 10.7. The number of carbonyl (C=O) groups is 1. The third-order valence-electron chi connectivity index (χ3n) is 5.26. The molecular weight excluding hydrogens is 400 g/mol. The summed E-state index contributed by atoms with van der Waals surface area (Å²) in [5.41, 5.74) is 4.88. The van der Waals surface area contributed by atoms with E-state index in [9.17, 15) is 10.1 Å². The summed E-state index contributed by atoms with van der Waals surface area (Å²) in [6.07, 6.45) is 0.434. The van der Waals surface area contributed by atoms with Crippen LogP contribution in [-0.4, -0.2) is 18.2 Å². The van der Waals surface area contributed by atoms with Crippen molar-refractivity contribution in [2.75, 3.05) is 11.4 Å². The molecule has 0 radical (unpaired) electrons. The fourth-order valence-corrected chi connectivity index (χ4v) is 3.78. The van der Waals surface area contributed by atoms with Gasteiger partial charge >= 0.3 is 6.09 Å². The van der Waals surface area contributed by atoms with Gasteiger partial charge in [-0.05, 0) is 73.7 Å². The van der Waals surface area contributed by atoms with Crippen LogP contribution in [-0.2, 0) is 17.8 Å². The SMILES string of the molecule is CC(C)(C)OC(=O)N1CCc2cc(OCc3ccc(-c4ccccc4)c(C#N)c3)ccc21. The number of ether oxygens (including phenoxy) is 2. The molecule has 0 saturated carbocycles. The van der Waals surface area contributed by atoms with Crippen LogP contribution in [0.4, 0.5) is 10.5 Å². The Morgan fingerprint density at radius 1 is 1.06 bits per heavy atom. The van der Waals surface area contributed by atoms with Crippen LogP contribution < -0.4 is 9.64 Å². The van der Waals surface area contributed by atoms with Gasteiger partial charge in [0.2, 0.25) is 0 Å². The average Bonchev–Trinajstić information content (AvgIpc) is 3.20. The van der Waals surface area contributed by atoms with Crippen LogP contribution in [0, 0.1) is 11.3 Å². The maximum absolute atomic E-state index is 12.5. The lowest BCUT2D eigenvalue weighted by Crippen LogP contribution is -2.35. The highest BCUT2D eigenvalue weighted by molar-refractivity contribution is 5.90. The molecular formula is C27H26N2O3. The molecule has 0 atom stereocenters. The molecule has 0 spiro atoms. The molecule has 0 N–H and O–H groups in total. The standard InChI is InChI=1S/C27H26N2O3/c1-27(2,3)32-26(30)29-14-13-21-16-23(10-12-25(21)29)31-18-19-9-11-24(22(15-19)17-28)20-7-5-4-6-8-20/h4-12,15-16H,13-14,18H2,1-3H3. The fraction of sp³-hybridized carbons (Fsp3) is 0.259. The van der Waals surface area contributed by atoms with Gasteiger partial charge in [-0.25, -0.2) is 4.79 Å². The Kier molecular flexibility index (Phi) is 5.87. The molecule has 3 aromatic rings. The zero-order valence-corrected chi connectivity index (χ0v) is 18.6. The molecule has 3 aromatic carbocycles. The number of amides is 1. The van der Waals surface area contributed by atoms with Gasteiger partial charge in [0.1, 0.15) is 18.0 Å². The normalized spacial score (nSPS) is 12.8. The van der Waals surface area contributed by atoms with Crippen molar-refractivity contribution in [1.29, 1.82) is 5.26 Å². The van der Waals surface area contributed by atoms with Crippen molar-refractivity contribution in [3.8, 4) is 22.9 Å². The highest BCUT2D eigenvalue weighted by Gasteiger charge is 2.29. The summed E-state index contributed by atoms with van der Waals surface area (Å²) in [7, 11) is 0. The molecule has 0 saturated heterocycles. The second-order valence-corrected chi connectivity index (χ2v) is 8.82. The number of rotatable bonds is 4. The summed E-state index contributed by atoms with van der Waals surface area (Å²) in [5.74, 6) is 0.737. The largest absolute Gasteiger partial charge is 0.489 e. The summed E-state index contributed by atoms with van der Waals surface area (Å²) < 4.78 is 11.5. The minimum atomic E-state index is -0.527. The number of nitrogens with zero attached hydrogens (tertiary/aromatic N) is 2. The van der Waals surface area contributed by atoms with Crippen molar-refractivity contribution in [1.82, 2.24) is 0 Å². The Balaban J connectivity index is 1.45. The molecule has 1 aliphatic heterocycles. The molecule has 0 aliphatic carbocycles. The third-order valence-corrected chi connectivity index (χ3v) is 5.26. The molecule has 0 fully saturated rings. The molecule has 32 heavy (non-hydrogen) atoms. The molecule has 162 valence electrons. The molecule has 0 unspecified atom stereocenters. The van der Waals surface area contributed by atoms with Crippen molar-refractivity contribution in [3.63, 3.8) is 0 Å². The molecule has 5 heteroatoms. The molecule has 1 amide bonds. The van der Waals surface area contributed by atoms with Crippen LogP contribution in [0.1, 0.15) is 37.5 Å². The van der Waals surface area contributed by atoms with E-state index in [0.29, 0.717) is 18.7 Å². The Bertz CT molecular complexity index is 1170. The summed E-state index contributed by atoms with van der Waals surface area (Å²) in [5, 5.41) is 9.60. The van der Waals surface area contributed by atoms with Crippen molar-refractivity contribution >= 4 is 11.8 Å². The Hall–Kier alpha value is -3.78. The number of benzene rings is 3. The van der Waals surface area contributed by atoms with E-state index in [-0.39, 0.29) is 6.09 Å². The Morgan fingerprint density at radius 3 is 2.56 bits per heavy atom. The maximum Gasteiger partial charge on any atom is 0.414 e. The second kappa shape index (κ2) is 8.76. The summed E-state index contributed by atoms with van der Waals surface area (Å²) in [4.78, 5) is 14.1. The van der Waals surface area contributed by atoms with Gasteiger partial charge < -0.3 is 9.47 Å². The van der Waals surface area contributed by atoms with E-state index in [2.05, 4.69) is 6.07 Å². The minimum absolute atomic E-state index is 0.326. The zero-order chi connectivity index (χ0) is 22.7. The molecule has 0 bridgehead atoms. The van der Waals surface area contributed by atoms with Crippen LogP contribution >= 0.6 is 0 Å². The highest BCUT2D eigenvalue weighted by atomic mass is 16.6. The molecule has 0 aromatic heterocycles. The number of nitriles is 1. The van der Waals surface area contributed by atoms with E-state index in [0.717, 1.165) is 40.1 Å². The second-order valence-electron chi connectivity index (χ2n) is 8.82. The van der Waals surface area contributed by atoms with Crippen LogP contribution in [0.25, 0.3) is 11.1 Å². The highest BCUT2D eigenvalue weighted by Crippen LogP contribution is 2.33. The van der Waals surface area contributed by atoms with Crippen molar-refractivity contribution in [2.45, 2.75) is 39.4 Å². The third kappa shape index (κ3) is 4.76. The summed E-state index contributed by atoms with van der Waals surface area (Å²) >= 11 is 0. The number of hydrogen-bond donors (Lipinski definition) is 0. The number of hydrogen-bond acceptors (Lipinski definition) is 4. The lowest BCUT2D eigenvalue weighted by molar-refractivity contribution is 0.0584. The van der Waals surface area contributed by atoms with Gasteiger partial charge in [0, 0.05) is 6.54 Å². The molecule has 4 rings (SSSR count). The predicted molar refractivity (Wildman–Crippen MR) is 125 cm³/mol. The van der Waals surface area contributed by atoms with E-state index in [4.69, 9.17) is 9.47 Å². The fourth-order valence-electron chi connectivity index (χ4n) is 3.78. The summed E-state index contributed by atoms with van der Waals surface area (Å²) in [6, 6.07) is 23.7. The van der Waals surface area contributed by atoms with Gasteiger partial charge in [0.05, 0.1) is 17.3 Å². The zero-order valence-electron chi connectivity index (χ0n) is 18.6. The van der Waals surface area contributed by atoms with Gasteiger partial charge in [0.25, 0.3) is 0 Å². The lowest BCUT2D eigenvalue weighted by Gasteiger charge is -2.24. The van der Waals surface area contributed by atoms with Crippen molar-refractivity contribution < 1.29 is 14.3 Å². The van der Waals surface area contributed by atoms with Crippen molar-refractivity contribution in [2.24, 2.45) is 0 Å². The average molecular weight is 427 g/mol. The van der Waals surface area contributed by atoms with Gasteiger partial charge in [0.15, 0.2) is 0 Å². The van der Waals surface area contributed by atoms with Crippen LogP contribution in [0.2, 0.25) is 0 Å². The van der Waals surface area contributed by atoms with E-state index in [1.807, 2.05) is 87.5 Å². The monoisotopic (exact) mass is 426 g/mol. The Morgan fingerprint density at radius 2 is 1.84 bits per heavy atom. The lowest BCUT2D eigenvalue weighted by atomic mass is 9.98. The summed E-state index contributed by atoms with van der Waals surface area (Å²) in [6.45, 7) is 6.55. The minimum Gasteiger partial charge on any atom is -0.489 e. The van der Waals surface area contributed by atoms with Gasteiger partial charge in [-0.2, -0.15) is 5.26 Å². The van der Waals surface area contributed by atoms with Crippen LogP contribution in [0.3, 0.4) is 0 Å². The smallest absolute Gasteiger partial charge is 0.414 e. The molecule has 5 nitrogen and oxygen atoms in total.